The molecule has 1 nitrogen and oxygen atoms in total. The van der Waals surface area contributed by atoms with Crippen LogP contribution in [0.15, 0.2) is 46.9 Å². The minimum Gasteiger partial charge on any atom is -0.310 e. The second kappa shape index (κ2) is 7.46. The maximum atomic E-state index is 6.34. The molecule has 0 aliphatic rings. The predicted octanol–water partition coefficient (Wildman–Crippen LogP) is 5.65. The van der Waals surface area contributed by atoms with Gasteiger partial charge < -0.3 is 5.32 Å². The lowest BCUT2D eigenvalue weighted by Gasteiger charge is -2.20. The van der Waals surface area contributed by atoms with Gasteiger partial charge in [0.05, 0.1) is 0 Å². The molecule has 106 valence electrons. The molecule has 2 aromatic carbocycles. The molecule has 0 aromatic heterocycles. The maximum absolute atomic E-state index is 6.34. The zero-order valence-electron chi connectivity index (χ0n) is 11.2. The van der Waals surface area contributed by atoms with E-state index in [-0.39, 0.29) is 6.04 Å². The Labute approximate surface area is 138 Å². The summed E-state index contributed by atoms with van der Waals surface area (Å²) in [6, 6.07) is 14.1. The minimum absolute atomic E-state index is 0.170. The second-order valence-electron chi connectivity index (χ2n) is 4.61. The molecule has 2 rings (SSSR count). The van der Waals surface area contributed by atoms with Crippen LogP contribution >= 0.6 is 39.1 Å². The first-order valence-electron chi connectivity index (χ1n) is 6.53. The van der Waals surface area contributed by atoms with Gasteiger partial charge in [-0.25, -0.2) is 0 Å². The van der Waals surface area contributed by atoms with Crippen LogP contribution in [0.2, 0.25) is 10.0 Å². The Hall–Kier alpha value is -0.540. The first kappa shape index (κ1) is 15.8. The van der Waals surface area contributed by atoms with Crippen molar-refractivity contribution in [3.63, 3.8) is 0 Å². The van der Waals surface area contributed by atoms with Crippen LogP contribution in [0.4, 0.5) is 0 Å². The molecule has 0 saturated carbocycles. The molecular weight excluding hydrogens is 357 g/mol. The van der Waals surface area contributed by atoms with Crippen molar-refractivity contribution in [2.24, 2.45) is 0 Å². The maximum Gasteiger partial charge on any atom is 0.0454 e. The van der Waals surface area contributed by atoms with Gasteiger partial charge in [0, 0.05) is 20.6 Å². The number of benzene rings is 2. The molecule has 1 unspecified atom stereocenters. The summed E-state index contributed by atoms with van der Waals surface area (Å²) >= 11 is 15.9. The molecule has 0 aliphatic carbocycles. The standard InChI is InChI=1S/C16H16BrCl2N/c1-2-20-16(9-11-4-3-5-13(18)8-11)14-10-12(17)6-7-15(14)19/h3-8,10,16,20H,2,9H2,1H3. The predicted molar refractivity (Wildman–Crippen MR) is 90.7 cm³/mol. The summed E-state index contributed by atoms with van der Waals surface area (Å²) < 4.78 is 1.03. The van der Waals surface area contributed by atoms with Crippen LogP contribution in [-0.2, 0) is 6.42 Å². The third-order valence-corrected chi connectivity index (χ3v) is 4.19. The quantitative estimate of drug-likeness (QED) is 0.714. The Kier molecular flexibility index (Phi) is 5.91. The lowest BCUT2D eigenvalue weighted by atomic mass is 9.99. The van der Waals surface area contributed by atoms with Gasteiger partial charge in [0.1, 0.15) is 0 Å². The fourth-order valence-corrected chi connectivity index (χ4v) is 3.06. The van der Waals surface area contributed by atoms with Crippen molar-refractivity contribution < 1.29 is 0 Å². The van der Waals surface area contributed by atoms with Crippen molar-refractivity contribution in [3.8, 4) is 0 Å². The monoisotopic (exact) mass is 371 g/mol. The van der Waals surface area contributed by atoms with Gasteiger partial charge in [-0.15, -0.1) is 0 Å². The van der Waals surface area contributed by atoms with Crippen molar-refractivity contribution in [1.29, 1.82) is 0 Å². The molecule has 0 heterocycles. The van der Waals surface area contributed by atoms with Crippen molar-refractivity contribution in [3.05, 3.63) is 68.1 Å². The average Bonchev–Trinajstić information content (AvgIpc) is 2.41. The molecule has 1 atom stereocenters. The van der Waals surface area contributed by atoms with Gasteiger partial charge in [0.15, 0.2) is 0 Å². The fraction of sp³-hybridized carbons (Fsp3) is 0.250. The average molecular weight is 373 g/mol. The Morgan fingerprint density at radius 2 is 1.95 bits per heavy atom. The lowest BCUT2D eigenvalue weighted by molar-refractivity contribution is 0.550. The Balaban J connectivity index is 2.29. The fourth-order valence-electron chi connectivity index (χ4n) is 2.22. The molecule has 0 fully saturated rings. The molecule has 0 amide bonds. The lowest BCUT2D eigenvalue weighted by Crippen LogP contribution is -2.23. The van der Waals surface area contributed by atoms with Gasteiger partial charge in [-0.1, -0.05) is 58.2 Å². The summed E-state index contributed by atoms with van der Waals surface area (Å²) in [6.07, 6.45) is 0.852. The number of likely N-dealkylation sites (N-methyl/N-ethyl adjacent to an activating group) is 1. The van der Waals surface area contributed by atoms with E-state index in [1.54, 1.807) is 0 Å². The van der Waals surface area contributed by atoms with Crippen LogP contribution in [0, 0.1) is 0 Å². The molecule has 1 N–H and O–H groups in total. The highest BCUT2D eigenvalue weighted by molar-refractivity contribution is 9.10. The molecule has 0 spiro atoms. The van der Waals surface area contributed by atoms with Gasteiger partial charge in [-0.2, -0.15) is 0 Å². The summed E-state index contributed by atoms with van der Waals surface area (Å²) in [7, 11) is 0. The summed E-state index contributed by atoms with van der Waals surface area (Å²) in [6.45, 7) is 2.98. The van der Waals surface area contributed by atoms with E-state index in [1.165, 1.54) is 5.56 Å². The molecule has 0 bridgehead atoms. The van der Waals surface area contributed by atoms with E-state index >= 15 is 0 Å². The number of rotatable bonds is 5. The molecule has 20 heavy (non-hydrogen) atoms. The highest BCUT2D eigenvalue weighted by atomic mass is 79.9. The van der Waals surface area contributed by atoms with Crippen LogP contribution in [0.1, 0.15) is 24.1 Å². The largest absolute Gasteiger partial charge is 0.310 e. The third kappa shape index (κ3) is 4.23. The van der Waals surface area contributed by atoms with E-state index in [4.69, 9.17) is 23.2 Å². The molecular formula is C16H16BrCl2N. The molecule has 0 aliphatic heterocycles. The van der Waals surface area contributed by atoms with Gasteiger partial charge in [-0.3, -0.25) is 0 Å². The van der Waals surface area contributed by atoms with Gasteiger partial charge in [0.25, 0.3) is 0 Å². The molecule has 0 saturated heterocycles. The van der Waals surface area contributed by atoms with Crippen molar-refractivity contribution >= 4 is 39.1 Å². The van der Waals surface area contributed by atoms with E-state index in [0.29, 0.717) is 0 Å². The zero-order chi connectivity index (χ0) is 14.5. The van der Waals surface area contributed by atoms with Crippen molar-refractivity contribution in [2.45, 2.75) is 19.4 Å². The van der Waals surface area contributed by atoms with E-state index in [1.807, 2.05) is 30.3 Å². The van der Waals surface area contributed by atoms with Crippen LogP contribution in [0.5, 0.6) is 0 Å². The molecule has 4 heteroatoms. The SMILES string of the molecule is CCNC(Cc1cccc(Cl)c1)c1cc(Br)ccc1Cl. The first-order valence-corrected chi connectivity index (χ1v) is 8.08. The number of hydrogen-bond donors (Lipinski definition) is 1. The summed E-state index contributed by atoms with van der Waals surface area (Å²) in [5.41, 5.74) is 2.29. The highest BCUT2D eigenvalue weighted by Gasteiger charge is 2.15. The smallest absolute Gasteiger partial charge is 0.0454 e. The van der Waals surface area contributed by atoms with E-state index in [2.05, 4.69) is 40.3 Å². The second-order valence-corrected chi connectivity index (χ2v) is 6.37. The summed E-state index contributed by atoms with van der Waals surface area (Å²) in [5, 5.41) is 5.03. The van der Waals surface area contributed by atoms with E-state index < -0.39 is 0 Å². The zero-order valence-corrected chi connectivity index (χ0v) is 14.3. The number of hydrogen-bond acceptors (Lipinski definition) is 1. The van der Waals surface area contributed by atoms with Crippen molar-refractivity contribution in [1.82, 2.24) is 5.32 Å². The first-order chi connectivity index (χ1) is 9.60. The van der Waals surface area contributed by atoms with E-state index in [0.717, 1.165) is 33.0 Å². The number of halogens is 3. The number of nitrogens with one attached hydrogen (secondary N) is 1. The Bertz CT molecular complexity index is 586. The minimum atomic E-state index is 0.170. The van der Waals surface area contributed by atoms with Crippen LogP contribution in [0.25, 0.3) is 0 Å². The normalized spacial score (nSPS) is 12.4. The van der Waals surface area contributed by atoms with Gasteiger partial charge >= 0.3 is 0 Å². The summed E-state index contributed by atoms with van der Waals surface area (Å²) in [5.74, 6) is 0. The van der Waals surface area contributed by atoms with Crippen molar-refractivity contribution in [2.75, 3.05) is 6.54 Å². The highest BCUT2D eigenvalue weighted by Crippen LogP contribution is 2.29. The van der Waals surface area contributed by atoms with Crippen LogP contribution < -0.4 is 5.32 Å². The topological polar surface area (TPSA) is 12.0 Å². The van der Waals surface area contributed by atoms with Crippen LogP contribution in [-0.4, -0.2) is 6.54 Å². The van der Waals surface area contributed by atoms with Gasteiger partial charge in [0.2, 0.25) is 0 Å². The van der Waals surface area contributed by atoms with Gasteiger partial charge in [-0.05, 0) is 54.4 Å². The summed E-state index contributed by atoms with van der Waals surface area (Å²) in [4.78, 5) is 0. The molecule has 2 aromatic rings. The van der Waals surface area contributed by atoms with E-state index in [9.17, 15) is 0 Å². The Morgan fingerprint density at radius 3 is 2.65 bits per heavy atom. The third-order valence-electron chi connectivity index (χ3n) is 3.11. The molecule has 0 radical (unpaired) electrons. The Morgan fingerprint density at radius 1 is 1.15 bits per heavy atom. The van der Waals surface area contributed by atoms with Crippen LogP contribution in [0.3, 0.4) is 0 Å².